The van der Waals surface area contributed by atoms with E-state index in [1.54, 1.807) is 0 Å². The van der Waals surface area contributed by atoms with Crippen molar-refractivity contribution in [3.63, 3.8) is 0 Å². The Hall–Kier alpha value is -2.52. The molecule has 32 heavy (non-hydrogen) atoms. The van der Waals surface area contributed by atoms with Gasteiger partial charge in [-0.15, -0.1) is 0 Å². The summed E-state index contributed by atoms with van der Waals surface area (Å²) in [6.07, 6.45) is 0. The van der Waals surface area contributed by atoms with Gasteiger partial charge in [0.1, 0.15) is 0 Å². The summed E-state index contributed by atoms with van der Waals surface area (Å²) in [6.45, 7) is 10.2. The minimum Gasteiger partial charge on any atom is -0.399 e. The summed E-state index contributed by atoms with van der Waals surface area (Å²) in [6, 6.07) is 16.0. The first-order valence-electron chi connectivity index (χ1n) is 11.5. The zero-order valence-corrected chi connectivity index (χ0v) is 18.9. The highest BCUT2D eigenvalue weighted by atomic mass is 16.3. The third-order valence-electron chi connectivity index (χ3n) is 6.09. The van der Waals surface area contributed by atoms with Crippen LogP contribution in [0.2, 0.25) is 0 Å². The largest absolute Gasteiger partial charge is 0.399 e. The lowest BCUT2D eigenvalue weighted by Gasteiger charge is -2.35. The Labute approximate surface area is 191 Å². The van der Waals surface area contributed by atoms with Gasteiger partial charge in [-0.05, 0) is 48.5 Å². The number of aliphatic hydroxyl groups is 2. The van der Waals surface area contributed by atoms with Crippen molar-refractivity contribution in [2.45, 2.75) is 0 Å². The number of benzene rings is 2. The van der Waals surface area contributed by atoms with Crippen molar-refractivity contribution in [3.8, 4) is 0 Å². The molecule has 8 nitrogen and oxygen atoms in total. The van der Waals surface area contributed by atoms with Crippen LogP contribution in [0.15, 0.2) is 48.5 Å². The van der Waals surface area contributed by atoms with E-state index in [1.807, 2.05) is 24.3 Å². The van der Waals surface area contributed by atoms with Crippen molar-refractivity contribution in [1.29, 1.82) is 0 Å². The number of rotatable bonds is 6. The van der Waals surface area contributed by atoms with Crippen molar-refractivity contribution in [2.75, 3.05) is 99.9 Å². The van der Waals surface area contributed by atoms with Crippen molar-refractivity contribution in [1.82, 2.24) is 9.80 Å². The van der Waals surface area contributed by atoms with Crippen LogP contribution in [-0.4, -0.2) is 98.7 Å². The van der Waals surface area contributed by atoms with Crippen LogP contribution < -0.4 is 21.3 Å². The van der Waals surface area contributed by atoms with Crippen LogP contribution in [0.25, 0.3) is 0 Å². The Morgan fingerprint density at radius 2 is 0.844 bits per heavy atom. The van der Waals surface area contributed by atoms with Gasteiger partial charge in [0.05, 0.1) is 13.2 Å². The van der Waals surface area contributed by atoms with E-state index in [0.29, 0.717) is 0 Å². The van der Waals surface area contributed by atoms with Crippen LogP contribution in [0.4, 0.5) is 22.7 Å². The molecule has 2 aliphatic heterocycles. The fraction of sp³-hybridized carbons (Fsp3) is 0.500. The summed E-state index contributed by atoms with van der Waals surface area (Å²) < 4.78 is 0. The van der Waals surface area contributed by atoms with Gasteiger partial charge in [-0.3, -0.25) is 9.80 Å². The van der Waals surface area contributed by atoms with Gasteiger partial charge in [-0.25, -0.2) is 0 Å². The number of hydrogen-bond donors (Lipinski definition) is 4. The highest BCUT2D eigenvalue weighted by molar-refractivity contribution is 5.54. The van der Waals surface area contributed by atoms with Gasteiger partial charge in [-0.2, -0.15) is 0 Å². The molecule has 0 spiro atoms. The molecule has 0 amide bonds. The fourth-order valence-electron chi connectivity index (χ4n) is 4.11. The molecule has 0 saturated carbocycles. The molecule has 0 bridgehead atoms. The maximum atomic E-state index is 8.86. The smallest absolute Gasteiger partial charge is 0.0558 e. The number of nitrogen functional groups attached to an aromatic ring is 2. The Morgan fingerprint density at radius 1 is 0.531 bits per heavy atom. The maximum Gasteiger partial charge on any atom is 0.0558 e. The van der Waals surface area contributed by atoms with Crippen LogP contribution in [0, 0.1) is 0 Å². The highest BCUT2D eigenvalue weighted by Crippen LogP contribution is 2.19. The van der Waals surface area contributed by atoms with Gasteiger partial charge in [0.2, 0.25) is 0 Å². The van der Waals surface area contributed by atoms with E-state index in [-0.39, 0.29) is 13.2 Å². The lowest BCUT2D eigenvalue weighted by atomic mass is 10.2. The summed E-state index contributed by atoms with van der Waals surface area (Å²) in [5.41, 5.74) is 15.4. The van der Waals surface area contributed by atoms with E-state index in [9.17, 15) is 0 Å². The lowest BCUT2D eigenvalue weighted by molar-refractivity contribution is 0.188. The molecule has 0 aromatic heterocycles. The Kier molecular flexibility index (Phi) is 9.43. The van der Waals surface area contributed by atoms with E-state index in [4.69, 9.17) is 21.7 Å². The molecule has 0 unspecified atom stereocenters. The number of hydrogen-bond acceptors (Lipinski definition) is 8. The average molecular weight is 443 g/mol. The molecule has 2 saturated heterocycles. The first-order chi connectivity index (χ1) is 15.6. The molecule has 2 aromatic rings. The van der Waals surface area contributed by atoms with Gasteiger partial charge < -0.3 is 31.5 Å². The van der Waals surface area contributed by atoms with Gasteiger partial charge in [0.15, 0.2) is 0 Å². The van der Waals surface area contributed by atoms with Gasteiger partial charge in [0, 0.05) is 88.2 Å². The summed E-state index contributed by atoms with van der Waals surface area (Å²) >= 11 is 0. The normalized spacial score (nSPS) is 17.7. The Balaban J connectivity index is 0.000000181. The summed E-state index contributed by atoms with van der Waals surface area (Å²) in [5.74, 6) is 0. The first kappa shape index (κ1) is 24.1. The highest BCUT2D eigenvalue weighted by Gasteiger charge is 2.17. The average Bonchev–Trinajstić information content (AvgIpc) is 2.82. The number of β-amino-alcohol motifs (C(OH)–C–C–N with tert-alkyl or cyclic N) is 2. The van der Waals surface area contributed by atoms with E-state index in [0.717, 1.165) is 76.8 Å². The number of anilines is 4. The third-order valence-corrected chi connectivity index (χ3v) is 6.09. The van der Waals surface area contributed by atoms with E-state index in [1.165, 1.54) is 11.4 Å². The monoisotopic (exact) mass is 442 g/mol. The quantitative estimate of drug-likeness (QED) is 0.486. The fourth-order valence-corrected chi connectivity index (χ4v) is 4.11. The van der Waals surface area contributed by atoms with Crippen LogP contribution in [-0.2, 0) is 0 Å². The van der Waals surface area contributed by atoms with Crippen molar-refractivity contribution >= 4 is 22.7 Å². The van der Waals surface area contributed by atoms with Crippen LogP contribution in [0.1, 0.15) is 0 Å². The Morgan fingerprint density at radius 3 is 1.12 bits per heavy atom. The molecule has 0 radical (unpaired) electrons. The van der Waals surface area contributed by atoms with Crippen molar-refractivity contribution < 1.29 is 10.2 Å². The predicted molar refractivity (Wildman–Crippen MR) is 133 cm³/mol. The second kappa shape index (κ2) is 12.5. The number of piperazine rings is 2. The molecule has 6 N–H and O–H groups in total. The molecule has 8 heteroatoms. The number of aliphatic hydroxyl groups excluding tert-OH is 2. The van der Waals surface area contributed by atoms with E-state index in [2.05, 4.69) is 43.9 Å². The van der Waals surface area contributed by atoms with E-state index < -0.39 is 0 Å². The molecule has 2 aliphatic rings. The lowest BCUT2D eigenvalue weighted by Crippen LogP contribution is -2.47. The summed E-state index contributed by atoms with van der Waals surface area (Å²) in [5, 5.41) is 17.7. The molecule has 4 rings (SSSR count). The molecule has 2 heterocycles. The van der Waals surface area contributed by atoms with Gasteiger partial charge in [0.25, 0.3) is 0 Å². The molecular weight excluding hydrogens is 404 g/mol. The SMILES string of the molecule is Nc1ccc(N2CCN(CCO)CC2)cc1.Nc1ccc(N2CCN(CCO)CC2)cc1. The molecular formula is C24H38N6O2. The number of nitrogens with zero attached hydrogens (tertiary/aromatic N) is 4. The zero-order chi connectivity index (χ0) is 22.8. The maximum absolute atomic E-state index is 8.86. The Bertz CT molecular complexity index is 703. The third kappa shape index (κ3) is 7.27. The number of nitrogens with two attached hydrogens (primary N) is 2. The first-order valence-corrected chi connectivity index (χ1v) is 11.5. The van der Waals surface area contributed by atoms with Crippen molar-refractivity contribution in [3.05, 3.63) is 48.5 Å². The second-order valence-corrected chi connectivity index (χ2v) is 8.29. The summed E-state index contributed by atoms with van der Waals surface area (Å²) in [7, 11) is 0. The van der Waals surface area contributed by atoms with Crippen LogP contribution >= 0.6 is 0 Å². The standard InChI is InChI=1S/2C12H19N3O/c2*13-11-1-3-12(4-2-11)15-7-5-14(6-8-15)9-10-16/h2*1-4,16H,5-10,13H2. The van der Waals surface area contributed by atoms with Gasteiger partial charge in [-0.1, -0.05) is 0 Å². The minimum absolute atomic E-state index is 0.252. The predicted octanol–water partition coefficient (Wildman–Crippen LogP) is 0.766. The molecule has 0 aliphatic carbocycles. The van der Waals surface area contributed by atoms with Gasteiger partial charge >= 0.3 is 0 Å². The molecule has 0 atom stereocenters. The zero-order valence-electron chi connectivity index (χ0n) is 18.9. The second-order valence-electron chi connectivity index (χ2n) is 8.29. The molecule has 2 fully saturated rings. The van der Waals surface area contributed by atoms with Crippen molar-refractivity contribution in [2.24, 2.45) is 0 Å². The van der Waals surface area contributed by atoms with E-state index >= 15 is 0 Å². The minimum atomic E-state index is 0.252. The van der Waals surface area contributed by atoms with Crippen LogP contribution in [0.3, 0.4) is 0 Å². The molecule has 176 valence electrons. The van der Waals surface area contributed by atoms with Crippen LogP contribution in [0.5, 0.6) is 0 Å². The summed E-state index contributed by atoms with van der Waals surface area (Å²) in [4.78, 5) is 9.28. The topological polar surface area (TPSA) is 105 Å². The molecule has 2 aromatic carbocycles.